The van der Waals surface area contributed by atoms with Crippen molar-refractivity contribution in [2.45, 2.75) is 32.4 Å². The fourth-order valence-corrected chi connectivity index (χ4v) is 4.07. The number of halogens is 1. The maximum absolute atomic E-state index is 13.9. The van der Waals surface area contributed by atoms with Crippen molar-refractivity contribution >= 4 is 23.4 Å². The summed E-state index contributed by atoms with van der Waals surface area (Å²) in [6.45, 7) is 2.97. The van der Waals surface area contributed by atoms with Crippen LogP contribution in [-0.4, -0.2) is 48.4 Å². The number of rotatable bonds is 6. The summed E-state index contributed by atoms with van der Waals surface area (Å²) < 4.78 is 19.3. The van der Waals surface area contributed by atoms with Crippen molar-refractivity contribution in [1.82, 2.24) is 10.2 Å². The quantitative estimate of drug-likeness (QED) is 0.771. The summed E-state index contributed by atoms with van der Waals surface area (Å²) in [6.07, 6.45) is 1.23. The van der Waals surface area contributed by atoms with Gasteiger partial charge in [0.25, 0.3) is 5.91 Å². The summed E-state index contributed by atoms with van der Waals surface area (Å²) in [5.74, 6) is -0.856. The van der Waals surface area contributed by atoms with Crippen LogP contribution in [0, 0.1) is 5.82 Å². The highest BCUT2D eigenvalue weighted by molar-refractivity contribution is 6.12. The van der Waals surface area contributed by atoms with Gasteiger partial charge in [-0.2, -0.15) is 0 Å². The van der Waals surface area contributed by atoms with Gasteiger partial charge < -0.3 is 19.9 Å². The second-order valence-electron chi connectivity index (χ2n) is 7.60. The Balaban J connectivity index is 1.51. The van der Waals surface area contributed by atoms with Crippen molar-refractivity contribution in [2.75, 3.05) is 24.6 Å². The van der Waals surface area contributed by atoms with E-state index in [0.29, 0.717) is 26.0 Å². The maximum atomic E-state index is 13.9. The van der Waals surface area contributed by atoms with Gasteiger partial charge in [-0.15, -0.1) is 0 Å². The summed E-state index contributed by atoms with van der Waals surface area (Å²) in [5.41, 5.74) is 1.26. The van der Waals surface area contributed by atoms with E-state index in [2.05, 4.69) is 5.32 Å². The summed E-state index contributed by atoms with van der Waals surface area (Å²) in [5, 5.41) is 2.81. The molecule has 8 heteroatoms. The second-order valence-corrected chi connectivity index (χ2v) is 7.60. The summed E-state index contributed by atoms with van der Waals surface area (Å²) in [6, 6.07) is 10.5. The molecule has 4 rings (SSSR count). The molecule has 1 atom stereocenters. The highest BCUT2D eigenvalue weighted by Crippen LogP contribution is 2.32. The van der Waals surface area contributed by atoms with Crippen LogP contribution in [0.4, 0.5) is 10.1 Å². The van der Waals surface area contributed by atoms with Crippen LogP contribution in [-0.2, 0) is 16.1 Å². The Morgan fingerprint density at radius 1 is 1.19 bits per heavy atom. The molecule has 162 valence electrons. The molecule has 0 bridgehead atoms. The van der Waals surface area contributed by atoms with Gasteiger partial charge in [0.1, 0.15) is 24.2 Å². The fraction of sp³-hybridized carbons (Fsp3) is 0.348. The predicted molar refractivity (Wildman–Crippen MR) is 112 cm³/mol. The lowest BCUT2D eigenvalue weighted by atomic mass is 10.1. The molecule has 0 aliphatic carbocycles. The third kappa shape index (κ3) is 4.23. The number of carbonyl (C=O) groups is 3. The number of ether oxygens (including phenoxy) is 1. The Hall–Kier alpha value is -3.42. The molecule has 2 aliphatic heterocycles. The molecule has 2 aromatic carbocycles. The van der Waals surface area contributed by atoms with E-state index >= 15 is 0 Å². The van der Waals surface area contributed by atoms with Crippen LogP contribution in [0.15, 0.2) is 42.5 Å². The van der Waals surface area contributed by atoms with E-state index in [1.807, 2.05) is 31.2 Å². The van der Waals surface area contributed by atoms with Crippen LogP contribution in [0.25, 0.3) is 0 Å². The summed E-state index contributed by atoms with van der Waals surface area (Å²) >= 11 is 0. The zero-order chi connectivity index (χ0) is 22.0. The van der Waals surface area contributed by atoms with Gasteiger partial charge in [-0.05, 0) is 55.7 Å². The third-order valence-corrected chi connectivity index (χ3v) is 5.57. The first-order chi connectivity index (χ1) is 15.0. The van der Waals surface area contributed by atoms with Crippen LogP contribution >= 0.6 is 0 Å². The minimum Gasteiger partial charge on any atom is -0.494 e. The molecule has 0 saturated carbocycles. The molecule has 2 aliphatic rings. The molecule has 3 amide bonds. The van der Waals surface area contributed by atoms with Crippen LogP contribution in [0.2, 0.25) is 0 Å². The maximum Gasteiger partial charge on any atom is 0.256 e. The van der Waals surface area contributed by atoms with Crippen LogP contribution in [0.3, 0.4) is 0 Å². The van der Waals surface area contributed by atoms with Crippen molar-refractivity contribution < 1.29 is 23.5 Å². The van der Waals surface area contributed by atoms with E-state index in [-0.39, 0.29) is 42.1 Å². The van der Waals surface area contributed by atoms with Gasteiger partial charge in [0.15, 0.2) is 0 Å². The molecule has 0 aromatic heterocycles. The highest BCUT2D eigenvalue weighted by Gasteiger charge is 2.42. The van der Waals surface area contributed by atoms with E-state index in [4.69, 9.17) is 4.74 Å². The molecule has 0 unspecified atom stereocenters. The van der Waals surface area contributed by atoms with Crippen LogP contribution < -0.4 is 15.0 Å². The number of hydrogen-bond donors (Lipinski definition) is 1. The molecule has 0 spiro atoms. The Morgan fingerprint density at radius 3 is 2.71 bits per heavy atom. The van der Waals surface area contributed by atoms with Crippen molar-refractivity contribution in [2.24, 2.45) is 0 Å². The van der Waals surface area contributed by atoms with E-state index in [0.717, 1.165) is 17.4 Å². The van der Waals surface area contributed by atoms with Crippen molar-refractivity contribution in [3.8, 4) is 5.75 Å². The number of nitrogens with one attached hydrogen (secondary N) is 1. The lowest BCUT2D eigenvalue weighted by Crippen LogP contribution is -2.48. The Kier molecular flexibility index (Phi) is 5.88. The molecule has 0 radical (unpaired) electrons. The average molecular weight is 425 g/mol. The van der Waals surface area contributed by atoms with Crippen LogP contribution in [0.5, 0.6) is 5.75 Å². The van der Waals surface area contributed by atoms with Gasteiger partial charge in [0.2, 0.25) is 11.8 Å². The van der Waals surface area contributed by atoms with Gasteiger partial charge in [-0.25, -0.2) is 4.39 Å². The second kappa shape index (κ2) is 8.75. The largest absolute Gasteiger partial charge is 0.494 e. The first-order valence-electron chi connectivity index (χ1n) is 10.4. The number of anilines is 1. The van der Waals surface area contributed by atoms with Crippen molar-refractivity contribution in [1.29, 1.82) is 0 Å². The van der Waals surface area contributed by atoms with Gasteiger partial charge in [-0.3, -0.25) is 14.4 Å². The molecule has 1 N–H and O–H groups in total. The first kappa shape index (κ1) is 20.8. The minimum absolute atomic E-state index is 0.108. The van der Waals surface area contributed by atoms with Crippen molar-refractivity contribution in [3.63, 3.8) is 0 Å². The average Bonchev–Trinajstić information content (AvgIpc) is 3.24. The lowest BCUT2D eigenvalue weighted by Gasteiger charge is -2.25. The van der Waals surface area contributed by atoms with Gasteiger partial charge in [-0.1, -0.05) is 12.1 Å². The van der Waals surface area contributed by atoms with Gasteiger partial charge >= 0.3 is 0 Å². The fourth-order valence-electron chi connectivity index (χ4n) is 4.07. The van der Waals surface area contributed by atoms with E-state index in [1.54, 1.807) is 0 Å². The monoisotopic (exact) mass is 425 g/mol. The molecule has 2 heterocycles. The molecular weight excluding hydrogens is 401 g/mol. The lowest BCUT2D eigenvalue weighted by molar-refractivity contribution is -0.125. The third-order valence-electron chi connectivity index (χ3n) is 5.57. The number of hydrogen-bond acceptors (Lipinski definition) is 4. The SMILES string of the molecule is CCOc1ccc(CNC(=O)CN2C(=O)[C@H]3CCCN3C(=O)c3cc(F)ccc32)cc1. The zero-order valence-electron chi connectivity index (χ0n) is 17.3. The number of nitrogens with zero attached hydrogens (tertiary/aromatic N) is 2. The normalized spacial score (nSPS) is 17.8. The standard InChI is InChI=1S/C23H24FN3O4/c1-2-31-17-8-5-15(6-9-17)13-25-21(28)14-27-19-10-7-16(24)12-18(19)22(29)26-11-3-4-20(26)23(27)30/h5-10,12,20H,2-4,11,13-14H2,1H3,(H,25,28)/t20-/m1/s1. The first-order valence-corrected chi connectivity index (χ1v) is 10.4. The number of benzene rings is 2. The Bertz CT molecular complexity index is 1010. The van der Waals surface area contributed by atoms with Gasteiger partial charge in [0.05, 0.1) is 17.9 Å². The summed E-state index contributed by atoms with van der Waals surface area (Å²) in [7, 11) is 0. The number of amides is 3. The molecular formula is C23H24FN3O4. The topological polar surface area (TPSA) is 79.0 Å². The molecule has 2 aromatic rings. The minimum atomic E-state index is -0.623. The Labute approximate surface area is 179 Å². The zero-order valence-corrected chi connectivity index (χ0v) is 17.3. The van der Waals surface area contributed by atoms with E-state index < -0.39 is 11.9 Å². The van der Waals surface area contributed by atoms with Crippen LogP contribution in [0.1, 0.15) is 35.7 Å². The number of carbonyl (C=O) groups excluding carboxylic acids is 3. The molecule has 1 fully saturated rings. The summed E-state index contributed by atoms with van der Waals surface area (Å²) in [4.78, 5) is 41.5. The Morgan fingerprint density at radius 2 is 1.97 bits per heavy atom. The van der Waals surface area contributed by atoms with E-state index in [1.165, 1.54) is 21.9 Å². The number of fused-ring (bicyclic) bond motifs is 2. The molecule has 7 nitrogen and oxygen atoms in total. The van der Waals surface area contributed by atoms with E-state index in [9.17, 15) is 18.8 Å². The molecule has 31 heavy (non-hydrogen) atoms. The van der Waals surface area contributed by atoms with Crippen molar-refractivity contribution in [3.05, 3.63) is 59.4 Å². The molecule has 1 saturated heterocycles. The van der Waals surface area contributed by atoms with Gasteiger partial charge in [0, 0.05) is 13.1 Å². The highest BCUT2D eigenvalue weighted by atomic mass is 19.1. The smallest absolute Gasteiger partial charge is 0.256 e. The predicted octanol–water partition coefficient (Wildman–Crippen LogP) is 2.49.